The van der Waals surface area contributed by atoms with E-state index in [0.29, 0.717) is 4.91 Å². The van der Waals surface area contributed by atoms with Crippen LogP contribution >= 0.6 is 24.0 Å². The fourth-order valence-corrected chi connectivity index (χ4v) is 2.62. The smallest absolute Gasteiger partial charge is 0.748 e. The Morgan fingerprint density at radius 1 is 1.56 bits per heavy atom. The van der Waals surface area contributed by atoms with Gasteiger partial charge in [0.1, 0.15) is 4.32 Å². The van der Waals surface area contributed by atoms with Gasteiger partial charge in [0.2, 0.25) is 0 Å². The van der Waals surface area contributed by atoms with Crippen molar-refractivity contribution in [3.05, 3.63) is 11.0 Å². The van der Waals surface area contributed by atoms with Crippen LogP contribution < -0.4 is 51.4 Å². The van der Waals surface area contributed by atoms with Crippen LogP contribution in [0.25, 0.3) is 0 Å². The van der Waals surface area contributed by atoms with Crippen molar-refractivity contribution in [2.24, 2.45) is 0 Å². The molecular formula is C7H8KNO4S3. The monoisotopic (exact) mass is 305 g/mol. The predicted octanol–water partition coefficient (Wildman–Crippen LogP) is -2.70. The van der Waals surface area contributed by atoms with Gasteiger partial charge in [-0.3, -0.25) is 9.69 Å². The van der Waals surface area contributed by atoms with Crippen molar-refractivity contribution >= 4 is 44.3 Å². The van der Waals surface area contributed by atoms with Gasteiger partial charge >= 0.3 is 51.4 Å². The molecule has 0 spiro atoms. The second kappa shape index (κ2) is 6.95. The number of allylic oxidation sites excluding steroid dienone is 1. The van der Waals surface area contributed by atoms with E-state index in [1.165, 1.54) is 0 Å². The molecule has 0 bridgehead atoms. The Labute approximate surface area is 146 Å². The van der Waals surface area contributed by atoms with E-state index in [4.69, 9.17) is 12.2 Å². The van der Waals surface area contributed by atoms with Crippen molar-refractivity contribution in [1.82, 2.24) is 4.90 Å². The molecular weight excluding hydrogens is 297 g/mol. The number of amides is 1. The second-order valence-corrected chi connectivity index (χ2v) is 5.94. The van der Waals surface area contributed by atoms with Crippen molar-refractivity contribution in [2.75, 3.05) is 12.3 Å². The van der Waals surface area contributed by atoms with E-state index in [2.05, 4.69) is 0 Å². The number of nitrogens with zero attached hydrogens (tertiary/aromatic N) is 1. The van der Waals surface area contributed by atoms with Crippen LogP contribution in [-0.4, -0.2) is 40.4 Å². The Kier molecular flexibility index (Phi) is 7.47. The number of thioether (sulfide) groups is 1. The summed E-state index contributed by atoms with van der Waals surface area (Å²) in [5.41, 5.74) is 0. The maximum Gasteiger partial charge on any atom is 1.00 e. The number of hydrogen-bond donors (Lipinski definition) is 0. The number of thiocarbonyl (C=S) groups is 1. The molecule has 0 aromatic rings. The minimum absolute atomic E-state index is 0. The summed E-state index contributed by atoms with van der Waals surface area (Å²) in [4.78, 5) is 13.1. The largest absolute Gasteiger partial charge is 1.00 e. The summed E-state index contributed by atoms with van der Waals surface area (Å²) in [5.74, 6) is -0.952. The van der Waals surface area contributed by atoms with Gasteiger partial charge in [0.05, 0.1) is 20.8 Å². The van der Waals surface area contributed by atoms with Crippen LogP contribution in [0, 0.1) is 0 Å². The maximum absolute atomic E-state index is 11.5. The van der Waals surface area contributed by atoms with E-state index in [1.807, 2.05) is 0 Å². The first kappa shape index (κ1) is 17.2. The topological polar surface area (TPSA) is 77.5 Å². The molecule has 0 N–H and O–H groups in total. The quantitative estimate of drug-likeness (QED) is 0.244. The molecule has 0 aliphatic carbocycles. The second-order valence-electron chi connectivity index (χ2n) is 2.74. The van der Waals surface area contributed by atoms with Crippen molar-refractivity contribution in [1.29, 1.82) is 0 Å². The summed E-state index contributed by atoms with van der Waals surface area (Å²) < 4.78 is 31.5. The van der Waals surface area contributed by atoms with Crippen LogP contribution in [0.1, 0.15) is 6.92 Å². The third-order valence-corrected chi connectivity index (χ3v) is 3.88. The molecule has 1 amide bonds. The van der Waals surface area contributed by atoms with Crippen LogP contribution in [0.5, 0.6) is 0 Å². The van der Waals surface area contributed by atoms with Gasteiger partial charge in [-0.15, -0.1) is 0 Å². The van der Waals surface area contributed by atoms with Gasteiger partial charge in [0, 0.05) is 6.54 Å². The van der Waals surface area contributed by atoms with Crippen molar-refractivity contribution < 1.29 is 69.1 Å². The van der Waals surface area contributed by atoms with Gasteiger partial charge in [0.25, 0.3) is 5.91 Å². The van der Waals surface area contributed by atoms with E-state index in [1.54, 1.807) is 13.0 Å². The first-order valence-corrected chi connectivity index (χ1v) is 6.79. The third-order valence-electron chi connectivity index (χ3n) is 1.70. The molecule has 0 aromatic carbocycles. The van der Waals surface area contributed by atoms with Gasteiger partial charge in [-0.25, -0.2) is 8.42 Å². The first-order valence-electron chi connectivity index (χ1n) is 3.98. The fraction of sp³-hybridized carbons (Fsp3) is 0.429. The Balaban J connectivity index is 0.00000225. The van der Waals surface area contributed by atoms with E-state index < -0.39 is 15.9 Å². The zero-order valence-corrected chi connectivity index (χ0v) is 14.4. The van der Waals surface area contributed by atoms with Crippen LogP contribution in [-0.2, 0) is 14.9 Å². The molecule has 0 unspecified atom stereocenters. The molecule has 1 fully saturated rings. The fourth-order valence-electron chi connectivity index (χ4n) is 0.987. The van der Waals surface area contributed by atoms with Crippen molar-refractivity contribution in [2.45, 2.75) is 6.92 Å². The molecule has 1 rings (SSSR count). The molecule has 5 nitrogen and oxygen atoms in total. The number of hydrogen-bond acceptors (Lipinski definition) is 6. The summed E-state index contributed by atoms with van der Waals surface area (Å²) >= 11 is 5.98. The van der Waals surface area contributed by atoms with Gasteiger partial charge in [-0.05, 0) is 6.92 Å². The summed E-state index contributed by atoms with van der Waals surface area (Å²) in [6, 6.07) is 0. The van der Waals surface area contributed by atoms with Crippen molar-refractivity contribution in [3.8, 4) is 0 Å². The van der Waals surface area contributed by atoms with Crippen LogP contribution in [0.4, 0.5) is 0 Å². The van der Waals surface area contributed by atoms with Crippen LogP contribution in [0.15, 0.2) is 11.0 Å². The summed E-state index contributed by atoms with van der Waals surface area (Å²) in [7, 11) is -4.31. The standard InChI is InChI=1S/C7H9NO4S3.K/c1-2-5-6(9)8(7(13)14-5)3-4-15(10,11)12;/h2H,3-4H2,1H3,(H,10,11,12);/q;+1/p-1/b5-2+;. The number of carbonyl (C=O) groups excluding carboxylic acids is 1. The Morgan fingerprint density at radius 2 is 2.12 bits per heavy atom. The average molecular weight is 305 g/mol. The number of carbonyl (C=O) groups is 1. The van der Waals surface area contributed by atoms with E-state index in [0.717, 1.165) is 16.7 Å². The molecule has 9 heteroatoms. The minimum atomic E-state index is -4.31. The van der Waals surface area contributed by atoms with Gasteiger partial charge in [0.15, 0.2) is 0 Å². The predicted molar refractivity (Wildman–Crippen MR) is 60.2 cm³/mol. The van der Waals surface area contributed by atoms with Gasteiger partial charge in [-0.2, -0.15) is 0 Å². The molecule has 1 aliphatic rings. The molecule has 1 aliphatic heterocycles. The third kappa shape index (κ3) is 4.82. The molecule has 1 saturated heterocycles. The minimum Gasteiger partial charge on any atom is -0.748 e. The zero-order chi connectivity index (χ0) is 11.6. The molecule has 1 heterocycles. The van der Waals surface area contributed by atoms with E-state index in [-0.39, 0.29) is 68.2 Å². The van der Waals surface area contributed by atoms with Crippen LogP contribution in [0.3, 0.4) is 0 Å². The zero-order valence-electron chi connectivity index (χ0n) is 8.80. The molecule has 16 heavy (non-hydrogen) atoms. The Hall–Kier alpha value is 1.20. The molecule has 0 atom stereocenters. The summed E-state index contributed by atoms with van der Waals surface area (Å²) in [5, 5.41) is 0. The molecule has 0 radical (unpaired) electrons. The normalized spacial score (nSPS) is 19.1. The van der Waals surface area contributed by atoms with Crippen LogP contribution in [0.2, 0.25) is 0 Å². The summed E-state index contributed by atoms with van der Waals surface area (Å²) in [6.45, 7) is 1.52. The van der Waals surface area contributed by atoms with Gasteiger partial charge in [-0.1, -0.05) is 30.1 Å². The molecule has 0 aromatic heterocycles. The maximum atomic E-state index is 11.5. The molecule has 0 saturated carbocycles. The van der Waals surface area contributed by atoms with E-state index in [9.17, 15) is 17.8 Å². The SMILES string of the molecule is C/C=C1/SC(=S)N(CCS(=O)(=O)[O-])C1=O.[K+]. The average Bonchev–Trinajstić information content (AvgIpc) is 2.37. The first-order chi connectivity index (χ1) is 6.85. The van der Waals surface area contributed by atoms with Gasteiger partial charge < -0.3 is 4.55 Å². The summed E-state index contributed by atoms with van der Waals surface area (Å²) in [6.07, 6.45) is 1.60. The number of rotatable bonds is 3. The van der Waals surface area contributed by atoms with E-state index >= 15 is 0 Å². The van der Waals surface area contributed by atoms with Crippen molar-refractivity contribution in [3.63, 3.8) is 0 Å². The Morgan fingerprint density at radius 3 is 2.50 bits per heavy atom. The Bertz CT molecular complexity index is 431. The molecule has 84 valence electrons.